The average molecular weight is 472 g/mol. The predicted molar refractivity (Wildman–Crippen MR) is 112 cm³/mol. The van der Waals surface area contributed by atoms with E-state index in [1.54, 1.807) is 20.4 Å². The van der Waals surface area contributed by atoms with Crippen LogP contribution in [-0.4, -0.2) is 39.1 Å². The van der Waals surface area contributed by atoms with Crippen LogP contribution >= 0.6 is 24.0 Å². The minimum absolute atomic E-state index is 0. The van der Waals surface area contributed by atoms with E-state index < -0.39 is 0 Å². The molecule has 0 saturated carbocycles. The maximum Gasteiger partial charge on any atom is 0.239 e. The van der Waals surface area contributed by atoms with Gasteiger partial charge in [0.1, 0.15) is 11.5 Å². The summed E-state index contributed by atoms with van der Waals surface area (Å²) in [6.07, 6.45) is 2.40. The van der Waals surface area contributed by atoms with Crippen LogP contribution in [0.15, 0.2) is 52.1 Å². The summed E-state index contributed by atoms with van der Waals surface area (Å²) in [6, 6.07) is 11.3. The number of aliphatic imine (C=N–C) groups is 1. The van der Waals surface area contributed by atoms with Gasteiger partial charge in [-0.1, -0.05) is 12.1 Å². The Labute approximate surface area is 170 Å². The Balaban J connectivity index is 0.00000338. The number of carbonyl (C=O) groups excluding carboxylic acids is 1. The van der Waals surface area contributed by atoms with E-state index >= 15 is 0 Å². The molecule has 0 atom stereocenters. The van der Waals surface area contributed by atoms with Crippen LogP contribution in [0.5, 0.6) is 5.75 Å². The van der Waals surface area contributed by atoms with Gasteiger partial charge >= 0.3 is 0 Å². The first-order valence-corrected chi connectivity index (χ1v) is 8.08. The van der Waals surface area contributed by atoms with Gasteiger partial charge in [0.25, 0.3) is 0 Å². The number of rotatable bonds is 8. The lowest BCUT2D eigenvalue weighted by molar-refractivity contribution is -0.120. The standard InChI is InChI=1S/C18H24N4O3.HI/c1-19-18(20-10-9-16-4-3-11-25-16)22-13-17(23)21-12-14-5-7-15(24-2)8-6-14;/h3-8,11H,9-10,12-13H2,1-2H3,(H,21,23)(H2,19,20,22);1H. The van der Waals surface area contributed by atoms with Crippen LogP contribution in [0.25, 0.3) is 0 Å². The van der Waals surface area contributed by atoms with Crippen LogP contribution in [-0.2, 0) is 17.8 Å². The monoisotopic (exact) mass is 472 g/mol. The zero-order chi connectivity index (χ0) is 17.9. The first-order valence-electron chi connectivity index (χ1n) is 8.08. The van der Waals surface area contributed by atoms with Gasteiger partial charge in [-0.25, -0.2) is 0 Å². The van der Waals surface area contributed by atoms with Crippen LogP contribution in [0.4, 0.5) is 0 Å². The molecule has 7 nitrogen and oxygen atoms in total. The number of benzene rings is 1. The molecule has 3 N–H and O–H groups in total. The zero-order valence-corrected chi connectivity index (χ0v) is 17.3. The van der Waals surface area contributed by atoms with Crippen LogP contribution in [0.1, 0.15) is 11.3 Å². The molecule has 0 aliphatic carbocycles. The number of hydrogen-bond donors (Lipinski definition) is 3. The molecule has 2 rings (SSSR count). The Morgan fingerprint density at radius 3 is 2.54 bits per heavy atom. The number of hydrogen-bond acceptors (Lipinski definition) is 4. The van der Waals surface area contributed by atoms with Gasteiger partial charge in [-0.15, -0.1) is 24.0 Å². The summed E-state index contributed by atoms with van der Waals surface area (Å²) in [6.45, 7) is 1.28. The van der Waals surface area contributed by atoms with Crippen LogP contribution < -0.4 is 20.7 Å². The third-order valence-electron chi connectivity index (χ3n) is 3.53. The highest BCUT2D eigenvalue weighted by atomic mass is 127. The van der Waals surface area contributed by atoms with Crippen molar-refractivity contribution < 1.29 is 13.9 Å². The Kier molecular flexibility index (Phi) is 10.2. The van der Waals surface area contributed by atoms with E-state index in [0.717, 1.165) is 23.5 Å². The van der Waals surface area contributed by atoms with E-state index in [4.69, 9.17) is 9.15 Å². The first kappa shape index (κ1) is 21.8. The van der Waals surface area contributed by atoms with Crippen molar-refractivity contribution in [3.05, 3.63) is 54.0 Å². The topological polar surface area (TPSA) is 87.9 Å². The van der Waals surface area contributed by atoms with Gasteiger partial charge in [-0.05, 0) is 29.8 Å². The van der Waals surface area contributed by atoms with Gasteiger partial charge in [0.2, 0.25) is 5.91 Å². The van der Waals surface area contributed by atoms with Crippen molar-refractivity contribution >= 4 is 35.8 Å². The molecule has 0 radical (unpaired) electrons. The van der Waals surface area contributed by atoms with Gasteiger partial charge in [-0.3, -0.25) is 9.79 Å². The molecule has 1 aromatic heterocycles. The lowest BCUT2D eigenvalue weighted by Gasteiger charge is -2.11. The maximum atomic E-state index is 11.9. The van der Waals surface area contributed by atoms with Crippen molar-refractivity contribution in [1.82, 2.24) is 16.0 Å². The van der Waals surface area contributed by atoms with Crippen molar-refractivity contribution in [2.75, 3.05) is 27.2 Å². The lowest BCUT2D eigenvalue weighted by Crippen LogP contribution is -2.43. The summed E-state index contributed by atoms with van der Waals surface area (Å²) < 4.78 is 10.4. The number of nitrogens with one attached hydrogen (secondary N) is 3. The van der Waals surface area contributed by atoms with Crippen molar-refractivity contribution in [2.45, 2.75) is 13.0 Å². The fraction of sp³-hybridized carbons (Fsp3) is 0.333. The molecule has 26 heavy (non-hydrogen) atoms. The quantitative estimate of drug-likeness (QED) is 0.311. The second kappa shape index (κ2) is 12.2. The number of guanidine groups is 1. The summed E-state index contributed by atoms with van der Waals surface area (Å²) >= 11 is 0. The Bertz CT molecular complexity index is 672. The summed E-state index contributed by atoms with van der Waals surface area (Å²) in [5, 5.41) is 8.97. The number of amides is 1. The highest BCUT2D eigenvalue weighted by Crippen LogP contribution is 2.10. The minimum atomic E-state index is -0.107. The summed E-state index contributed by atoms with van der Waals surface area (Å²) in [5.74, 6) is 2.16. The summed E-state index contributed by atoms with van der Waals surface area (Å²) in [5.41, 5.74) is 1.01. The predicted octanol–water partition coefficient (Wildman–Crippen LogP) is 1.93. The largest absolute Gasteiger partial charge is 0.497 e. The fourth-order valence-corrected chi connectivity index (χ4v) is 2.15. The Morgan fingerprint density at radius 1 is 1.15 bits per heavy atom. The molecular weight excluding hydrogens is 447 g/mol. The molecule has 0 aliphatic heterocycles. The van der Waals surface area contributed by atoms with Gasteiger partial charge in [0.15, 0.2) is 5.96 Å². The number of ether oxygens (including phenoxy) is 1. The fourth-order valence-electron chi connectivity index (χ4n) is 2.15. The molecule has 2 aromatic rings. The van der Waals surface area contributed by atoms with Gasteiger partial charge in [-0.2, -0.15) is 0 Å². The zero-order valence-electron chi connectivity index (χ0n) is 15.0. The lowest BCUT2D eigenvalue weighted by atomic mass is 10.2. The van der Waals surface area contributed by atoms with Crippen LogP contribution in [0.3, 0.4) is 0 Å². The van der Waals surface area contributed by atoms with Crippen molar-refractivity contribution in [1.29, 1.82) is 0 Å². The van der Waals surface area contributed by atoms with Gasteiger partial charge < -0.3 is 25.1 Å². The van der Waals surface area contributed by atoms with E-state index in [0.29, 0.717) is 19.0 Å². The molecule has 1 heterocycles. The number of halogens is 1. The highest BCUT2D eigenvalue weighted by Gasteiger charge is 2.04. The minimum Gasteiger partial charge on any atom is -0.497 e. The summed E-state index contributed by atoms with van der Waals surface area (Å²) in [7, 11) is 3.29. The second-order valence-electron chi connectivity index (χ2n) is 5.31. The van der Waals surface area contributed by atoms with Gasteiger partial charge in [0.05, 0.1) is 19.9 Å². The highest BCUT2D eigenvalue weighted by molar-refractivity contribution is 14.0. The molecule has 1 aromatic carbocycles. The van der Waals surface area contributed by atoms with Crippen molar-refractivity contribution in [3.8, 4) is 5.75 Å². The maximum absolute atomic E-state index is 11.9. The average Bonchev–Trinajstić information content (AvgIpc) is 3.16. The summed E-state index contributed by atoms with van der Waals surface area (Å²) in [4.78, 5) is 16.0. The Morgan fingerprint density at radius 2 is 1.92 bits per heavy atom. The molecule has 0 aliphatic rings. The smallest absolute Gasteiger partial charge is 0.239 e. The van der Waals surface area contributed by atoms with Gasteiger partial charge in [0, 0.05) is 26.6 Å². The molecule has 0 spiro atoms. The third-order valence-corrected chi connectivity index (χ3v) is 3.53. The second-order valence-corrected chi connectivity index (χ2v) is 5.31. The van der Waals surface area contributed by atoms with E-state index in [2.05, 4.69) is 20.9 Å². The molecule has 142 valence electrons. The Hall–Kier alpha value is -2.23. The van der Waals surface area contributed by atoms with Crippen LogP contribution in [0, 0.1) is 0 Å². The van der Waals surface area contributed by atoms with E-state index in [-0.39, 0.29) is 36.4 Å². The van der Waals surface area contributed by atoms with Crippen LogP contribution in [0.2, 0.25) is 0 Å². The number of nitrogens with zero attached hydrogens (tertiary/aromatic N) is 1. The molecule has 8 heteroatoms. The van der Waals surface area contributed by atoms with E-state index in [1.165, 1.54) is 0 Å². The molecule has 0 unspecified atom stereocenters. The SMILES string of the molecule is CN=C(NCCc1ccco1)NCC(=O)NCc1ccc(OC)cc1.I. The van der Waals surface area contributed by atoms with Crippen molar-refractivity contribution in [3.63, 3.8) is 0 Å². The third kappa shape index (κ3) is 7.77. The number of furan rings is 1. The molecular formula is C18H25IN4O3. The normalized spacial score (nSPS) is 10.6. The van der Waals surface area contributed by atoms with E-state index in [9.17, 15) is 4.79 Å². The molecule has 0 bridgehead atoms. The molecule has 1 amide bonds. The molecule has 0 saturated heterocycles. The van der Waals surface area contributed by atoms with E-state index in [1.807, 2.05) is 36.4 Å². The number of carbonyl (C=O) groups is 1. The molecule has 0 fully saturated rings. The number of methoxy groups -OCH3 is 1. The first-order chi connectivity index (χ1) is 12.2. The van der Waals surface area contributed by atoms with Crippen molar-refractivity contribution in [2.24, 2.45) is 4.99 Å².